The second kappa shape index (κ2) is 13.9. The number of halogens is 1. The highest BCUT2D eigenvalue weighted by Crippen LogP contribution is 2.66. The summed E-state index contributed by atoms with van der Waals surface area (Å²) in [5.74, 6) is -0.148. The van der Waals surface area contributed by atoms with Crippen molar-refractivity contribution >= 4 is 46.0 Å². The van der Waals surface area contributed by atoms with Gasteiger partial charge in [0.15, 0.2) is 0 Å². The third kappa shape index (κ3) is 6.75. The number of rotatable bonds is 10. The molecule has 10 heteroatoms. The van der Waals surface area contributed by atoms with Crippen molar-refractivity contribution < 1.29 is 24.3 Å². The molecule has 9 nitrogen and oxygen atoms in total. The summed E-state index contributed by atoms with van der Waals surface area (Å²) in [5, 5.41) is 16.6. The minimum atomic E-state index is -0.925. The Bertz CT molecular complexity index is 1830. The molecule has 4 amide bonds. The molecule has 4 unspecified atom stereocenters. The van der Waals surface area contributed by atoms with Gasteiger partial charge < -0.3 is 25.1 Å². The number of nitrogens with one attached hydrogen (secondary N) is 1. The predicted octanol–water partition coefficient (Wildman–Crippen LogP) is 5.21. The zero-order chi connectivity index (χ0) is 36.1. The SMILES string of the molecule is CCN(C)C(=O)C12CC3CC(C1)CC(C(=O)N1C[C@H](O)CC1C(=O)NC(Cc1ccc4ccccc4c1)C(=O)N(C)Cc1ccccc1Cl)(C3)C2. The van der Waals surface area contributed by atoms with Crippen molar-refractivity contribution in [2.75, 3.05) is 27.2 Å². The van der Waals surface area contributed by atoms with E-state index in [2.05, 4.69) is 5.32 Å². The van der Waals surface area contributed by atoms with E-state index in [0.29, 0.717) is 42.7 Å². The van der Waals surface area contributed by atoms with E-state index in [1.54, 1.807) is 27.8 Å². The zero-order valence-corrected chi connectivity index (χ0v) is 30.6. The molecule has 8 rings (SSSR count). The number of aliphatic hydroxyl groups excluding tert-OH is 1. The van der Waals surface area contributed by atoms with E-state index in [4.69, 9.17) is 11.6 Å². The molecule has 3 aromatic rings. The first-order chi connectivity index (χ1) is 24.4. The molecule has 5 aliphatic rings. The average Bonchev–Trinajstić information content (AvgIpc) is 3.51. The molecule has 5 atom stereocenters. The number of β-amino-alcohol motifs (C(OH)–C–C–N with tert-alkyl or cyclic N) is 1. The van der Waals surface area contributed by atoms with E-state index in [1.807, 2.05) is 74.6 Å². The number of hydrogen-bond donors (Lipinski definition) is 2. The molecular formula is C41H49ClN4O5. The number of aliphatic hydroxyl groups is 1. The highest BCUT2D eigenvalue weighted by molar-refractivity contribution is 6.31. The summed E-state index contributed by atoms with van der Waals surface area (Å²) in [6, 6.07) is 19.5. The van der Waals surface area contributed by atoms with Crippen LogP contribution in [0.2, 0.25) is 5.02 Å². The Morgan fingerprint density at radius 3 is 2.27 bits per heavy atom. The molecular weight excluding hydrogens is 664 g/mol. The highest BCUT2D eigenvalue weighted by atomic mass is 35.5. The van der Waals surface area contributed by atoms with E-state index >= 15 is 0 Å². The van der Waals surface area contributed by atoms with Gasteiger partial charge in [-0.25, -0.2) is 0 Å². The van der Waals surface area contributed by atoms with E-state index in [9.17, 15) is 24.3 Å². The van der Waals surface area contributed by atoms with Gasteiger partial charge in [0.25, 0.3) is 0 Å². The number of carbonyl (C=O) groups is 4. The number of carbonyl (C=O) groups excluding carboxylic acids is 4. The van der Waals surface area contributed by atoms with Gasteiger partial charge in [0.1, 0.15) is 12.1 Å². The number of hydrogen-bond acceptors (Lipinski definition) is 5. The lowest BCUT2D eigenvalue weighted by molar-refractivity contribution is -0.180. The molecule has 3 aromatic carbocycles. The van der Waals surface area contributed by atoms with Gasteiger partial charge in [-0.1, -0.05) is 72.3 Å². The average molecular weight is 713 g/mol. The molecule has 1 aliphatic heterocycles. The van der Waals surface area contributed by atoms with Crippen LogP contribution in [0.4, 0.5) is 0 Å². The largest absolute Gasteiger partial charge is 0.391 e. The van der Waals surface area contributed by atoms with Crippen molar-refractivity contribution in [3.63, 3.8) is 0 Å². The maximum absolute atomic E-state index is 14.8. The topological polar surface area (TPSA) is 110 Å². The Kier molecular flexibility index (Phi) is 9.65. The van der Waals surface area contributed by atoms with Crippen LogP contribution in [0.1, 0.15) is 63.0 Å². The summed E-state index contributed by atoms with van der Waals surface area (Å²) in [4.78, 5) is 62.0. The number of fused-ring (bicyclic) bond motifs is 1. The van der Waals surface area contributed by atoms with Gasteiger partial charge in [0.2, 0.25) is 23.6 Å². The Hall–Kier alpha value is -3.95. The Morgan fingerprint density at radius 1 is 0.902 bits per heavy atom. The first-order valence-electron chi connectivity index (χ1n) is 18.4. The van der Waals surface area contributed by atoms with E-state index in [-0.39, 0.29) is 43.7 Å². The van der Waals surface area contributed by atoms with Crippen LogP contribution in [0.5, 0.6) is 0 Å². The first kappa shape index (κ1) is 35.5. The fourth-order valence-electron chi connectivity index (χ4n) is 10.2. The number of likely N-dealkylation sites (N-methyl/N-ethyl adjacent to an activating group) is 1. The Morgan fingerprint density at radius 2 is 1.57 bits per heavy atom. The summed E-state index contributed by atoms with van der Waals surface area (Å²) < 4.78 is 0. The van der Waals surface area contributed by atoms with E-state index < -0.39 is 34.9 Å². The van der Waals surface area contributed by atoms with Crippen LogP contribution in [-0.4, -0.2) is 88.8 Å². The van der Waals surface area contributed by atoms with Gasteiger partial charge in [-0.05, 0) is 85.3 Å². The molecule has 1 saturated heterocycles. The normalized spacial score (nSPS) is 28.5. The van der Waals surface area contributed by atoms with Crippen LogP contribution < -0.4 is 5.32 Å². The van der Waals surface area contributed by atoms with Crippen molar-refractivity contribution in [3.05, 3.63) is 82.9 Å². The molecule has 0 spiro atoms. The molecule has 5 fully saturated rings. The van der Waals surface area contributed by atoms with Gasteiger partial charge in [0.05, 0.1) is 16.9 Å². The number of likely N-dealkylation sites (tertiary alicyclic amines) is 1. The number of benzene rings is 3. The molecule has 4 aliphatic carbocycles. The summed E-state index contributed by atoms with van der Waals surface area (Å²) in [5.41, 5.74) is 0.397. The molecule has 270 valence electrons. The van der Waals surface area contributed by atoms with Crippen LogP contribution in [0.3, 0.4) is 0 Å². The lowest BCUT2D eigenvalue weighted by Crippen LogP contribution is -2.63. The van der Waals surface area contributed by atoms with Crippen molar-refractivity contribution in [1.29, 1.82) is 0 Å². The van der Waals surface area contributed by atoms with Crippen LogP contribution in [-0.2, 0) is 32.1 Å². The van der Waals surface area contributed by atoms with E-state index in [1.165, 1.54) is 0 Å². The Balaban J connectivity index is 1.14. The van der Waals surface area contributed by atoms with Gasteiger partial charge >= 0.3 is 0 Å². The summed E-state index contributed by atoms with van der Waals surface area (Å²) in [6.45, 7) is 2.90. The smallest absolute Gasteiger partial charge is 0.245 e. The maximum Gasteiger partial charge on any atom is 0.245 e. The van der Waals surface area contributed by atoms with Crippen LogP contribution in [0.25, 0.3) is 10.8 Å². The summed E-state index contributed by atoms with van der Waals surface area (Å²) in [6.07, 6.45) is 4.05. The summed E-state index contributed by atoms with van der Waals surface area (Å²) >= 11 is 6.44. The fourth-order valence-corrected chi connectivity index (χ4v) is 10.4. The van der Waals surface area contributed by atoms with Crippen molar-refractivity contribution in [1.82, 2.24) is 20.0 Å². The molecule has 51 heavy (non-hydrogen) atoms. The van der Waals surface area contributed by atoms with Gasteiger partial charge in [-0.3, -0.25) is 19.2 Å². The summed E-state index contributed by atoms with van der Waals surface area (Å²) in [7, 11) is 3.54. The zero-order valence-electron chi connectivity index (χ0n) is 29.8. The number of nitrogens with zero attached hydrogens (tertiary/aromatic N) is 3. The highest BCUT2D eigenvalue weighted by Gasteiger charge is 2.64. The number of amides is 4. The maximum atomic E-state index is 14.8. The standard InChI is InChI=1S/C41H49ClN4O5/c1-4-44(2)38(50)40-19-27-15-28(20-40)22-41(21-27,25-40)39(51)46-24-32(47)18-35(46)36(48)43-34(17-26-13-14-29-9-5-6-10-30(29)16-26)37(49)45(3)23-31-11-7-8-12-33(31)42/h5-14,16,27-28,32,34-35,47H,4,15,17-25H2,1-3H3,(H,43,48)/t27?,28?,32-,34?,35?,40?,41?/m1/s1. The minimum Gasteiger partial charge on any atom is -0.391 e. The van der Waals surface area contributed by atoms with E-state index in [0.717, 1.165) is 41.2 Å². The second-order valence-corrected chi connectivity index (χ2v) is 16.3. The van der Waals surface area contributed by atoms with Crippen molar-refractivity contribution in [2.45, 2.75) is 83.0 Å². The van der Waals surface area contributed by atoms with Crippen molar-refractivity contribution in [3.8, 4) is 0 Å². The monoisotopic (exact) mass is 712 g/mol. The molecule has 4 bridgehead atoms. The lowest BCUT2D eigenvalue weighted by Gasteiger charge is -2.61. The van der Waals surface area contributed by atoms with Crippen LogP contribution in [0, 0.1) is 22.7 Å². The fraction of sp³-hybridized carbons (Fsp3) is 0.512. The molecule has 0 radical (unpaired) electrons. The molecule has 2 N–H and O–H groups in total. The quantitative estimate of drug-likeness (QED) is 0.300. The third-order valence-electron chi connectivity index (χ3n) is 12.2. The van der Waals surface area contributed by atoms with Crippen LogP contribution >= 0.6 is 11.6 Å². The van der Waals surface area contributed by atoms with Gasteiger partial charge in [0, 0.05) is 51.6 Å². The lowest BCUT2D eigenvalue weighted by atomic mass is 9.43. The predicted molar refractivity (Wildman–Crippen MR) is 196 cm³/mol. The molecule has 4 saturated carbocycles. The minimum absolute atomic E-state index is 0.0551. The van der Waals surface area contributed by atoms with Gasteiger partial charge in [-0.2, -0.15) is 0 Å². The van der Waals surface area contributed by atoms with Crippen LogP contribution in [0.15, 0.2) is 66.7 Å². The van der Waals surface area contributed by atoms with Crippen molar-refractivity contribution in [2.24, 2.45) is 22.7 Å². The Labute approximate surface area is 305 Å². The second-order valence-electron chi connectivity index (χ2n) is 15.9. The molecule has 1 heterocycles. The molecule has 0 aromatic heterocycles. The van der Waals surface area contributed by atoms with Gasteiger partial charge in [-0.15, -0.1) is 0 Å². The third-order valence-corrected chi connectivity index (χ3v) is 12.6. The first-order valence-corrected chi connectivity index (χ1v) is 18.8.